The number of nitrogen functional groups attached to an aromatic ring is 1. The highest BCUT2D eigenvalue weighted by molar-refractivity contribution is 14.1. The molecular weight excluding hydrogens is 347 g/mol. The Hall–Kier alpha value is -1.31. The highest BCUT2D eigenvalue weighted by Crippen LogP contribution is 2.15. The van der Waals surface area contributed by atoms with Gasteiger partial charge in [-0.3, -0.25) is 9.59 Å². The number of nitrogens with two attached hydrogens (primary N) is 1. The minimum Gasteiger partial charge on any atom is -0.466 e. The summed E-state index contributed by atoms with van der Waals surface area (Å²) in [5, 5.41) is 2.63. The Labute approximate surface area is 119 Å². The Bertz CT molecular complexity index is 449. The number of carbonyl (C=O) groups excluding carboxylic acids is 2. The standard InChI is InChI=1S/C12H15IN2O3/c1-2-18-11(16)5-6-15-12(17)9-7-8(13)3-4-10(9)14/h3-4,7H,2,5-6,14H2,1H3,(H,15,17). The number of nitrogens with one attached hydrogen (secondary N) is 1. The molecule has 0 aliphatic heterocycles. The van der Waals surface area contributed by atoms with Gasteiger partial charge in [-0.2, -0.15) is 0 Å². The number of amides is 1. The summed E-state index contributed by atoms with van der Waals surface area (Å²) in [7, 11) is 0. The predicted molar refractivity (Wildman–Crippen MR) is 77.2 cm³/mol. The molecule has 0 fully saturated rings. The first-order valence-corrected chi connectivity index (χ1v) is 6.61. The maximum atomic E-state index is 11.8. The Morgan fingerprint density at radius 2 is 2.17 bits per heavy atom. The lowest BCUT2D eigenvalue weighted by Crippen LogP contribution is -2.27. The summed E-state index contributed by atoms with van der Waals surface area (Å²) in [4.78, 5) is 22.9. The molecule has 0 aliphatic rings. The van der Waals surface area contributed by atoms with Crippen LogP contribution in [-0.2, 0) is 9.53 Å². The van der Waals surface area contributed by atoms with Crippen molar-refractivity contribution >= 4 is 40.2 Å². The van der Waals surface area contributed by atoms with Gasteiger partial charge in [-0.1, -0.05) is 0 Å². The lowest BCUT2D eigenvalue weighted by molar-refractivity contribution is -0.142. The first kappa shape index (κ1) is 14.7. The van der Waals surface area contributed by atoms with Crippen molar-refractivity contribution in [2.45, 2.75) is 13.3 Å². The SMILES string of the molecule is CCOC(=O)CCNC(=O)c1cc(I)ccc1N. The Balaban J connectivity index is 2.50. The van der Waals surface area contributed by atoms with Crippen LogP contribution in [0.4, 0.5) is 5.69 Å². The lowest BCUT2D eigenvalue weighted by atomic mass is 10.1. The highest BCUT2D eigenvalue weighted by atomic mass is 127. The highest BCUT2D eigenvalue weighted by Gasteiger charge is 2.10. The molecule has 0 radical (unpaired) electrons. The molecule has 0 unspecified atom stereocenters. The summed E-state index contributed by atoms with van der Waals surface area (Å²) in [6, 6.07) is 5.21. The third-order valence-corrected chi connectivity index (χ3v) is 2.85. The van der Waals surface area contributed by atoms with E-state index in [1.165, 1.54) is 0 Å². The molecule has 3 N–H and O–H groups in total. The average molecular weight is 362 g/mol. The van der Waals surface area contributed by atoms with E-state index in [2.05, 4.69) is 27.9 Å². The molecule has 0 aliphatic carbocycles. The van der Waals surface area contributed by atoms with Gasteiger partial charge in [0.25, 0.3) is 5.91 Å². The molecule has 0 bridgehead atoms. The van der Waals surface area contributed by atoms with Gasteiger partial charge < -0.3 is 15.8 Å². The number of ether oxygens (including phenoxy) is 1. The van der Waals surface area contributed by atoms with Crippen molar-refractivity contribution in [2.75, 3.05) is 18.9 Å². The second kappa shape index (κ2) is 7.20. The van der Waals surface area contributed by atoms with Gasteiger partial charge in [0.15, 0.2) is 0 Å². The zero-order chi connectivity index (χ0) is 13.5. The summed E-state index contributed by atoms with van der Waals surface area (Å²) in [6.07, 6.45) is 0.156. The summed E-state index contributed by atoms with van der Waals surface area (Å²) in [5.74, 6) is -0.608. The molecule has 0 aromatic heterocycles. The molecule has 5 nitrogen and oxygen atoms in total. The second-order valence-electron chi connectivity index (χ2n) is 3.54. The monoisotopic (exact) mass is 362 g/mol. The Kier molecular flexibility index (Phi) is 5.90. The fourth-order valence-corrected chi connectivity index (χ4v) is 1.82. The maximum Gasteiger partial charge on any atom is 0.307 e. The van der Waals surface area contributed by atoms with Crippen LogP contribution in [0.15, 0.2) is 18.2 Å². The molecule has 98 valence electrons. The Morgan fingerprint density at radius 1 is 1.44 bits per heavy atom. The fraction of sp³-hybridized carbons (Fsp3) is 0.333. The summed E-state index contributed by atoms with van der Waals surface area (Å²) < 4.78 is 5.68. The van der Waals surface area contributed by atoms with Crippen LogP contribution in [0.2, 0.25) is 0 Å². The van der Waals surface area contributed by atoms with Crippen molar-refractivity contribution in [3.8, 4) is 0 Å². The van der Waals surface area contributed by atoms with E-state index in [1.54, 1.807) is 19.1 Å². The number of esters is 1. The molecule has 0 atom stereocenters. The third-order valence-electron chi connectivity index (χ3n) is 2.18. The van der Waals surface area contributed by atoms with E-state index in [-0.39, 0.29) is 24.8 Å². The van der Waals surface area contributed by atoms with E-state index in [4.69, 9.17) is 10.5 Å². The van der Waals surface area contributed by atoms with E-state index >= 15 is 0 Å². The minimum absolute atomic E-state index is 0.156. The molecule has 0 heterocycles. The molecule has 0 saturated heterocycles. The predicted octanol–water partition coefficient (Wildman–Crippen LogP) is 1.56. The number of hydrogen-bond acceptors (Lipinski definition) is 4. The van der Waals surface area contributed by atoms with Crippen LogP contribution in [0.5, 0.6) is 0 Å². The first-order chi connectivity index (χ1) is 8.54. The largest absolute Gasteiger partial charge is 0.466 e. The zero-order valence-electron chi connectivity index (χ0n) is 10.0. The quantitative estimate of drug-likeness (QED) is 0.473. The van der Waals surface area contributed by atoms with Gasteiger partial charge in [-0.15, -0.1) is 0 Å². The molecule has 6 heteroatoms. The van der Waals surface area contributed by atoms with Crippen molar-refractivity contribution in [1.29, 1.82) is 0 Å². The maximum absolute atomic E-state index is 11.8. The van der Waals surface area contributed by atoms with Gasteiger partial charge in [0, 0.05) is 15.8 Å². The second-order valence-corrected chi connectivity index (χ2v) is 4.79. The number of rotatable bonds is 5. The molecule has 0 spiro atoms. The number of anilines is 1. The van der Waals surface area contributed by atoms with Crippen LogP contribution in [0.1, 0.15) is 23.7 Å². The van der Waals surface area contributed by atoms with E-state index in [1.807, 2.05) is 6.07 Å². The van der Waals surface area contributed by atoms with Crippen LogP contribution in [0, 0.1) is 3.57 Å². The summed E-state index contributed by atoms with van der Waals surface area (Å²) in [6.45, 7) is 2.32. The zero-order valence-corrected chi connectivity index (χ0v) is 12.2. The normalized spacial score (nSPS) is 9.89. The van der Waals surface area contributed by atoms with Crippen molar-refractivity contribution in [2.24, 2.45) is 0 Å². The van der Waals surface area contributed by atoms with E-state index in [9.17, 15) is 9.59 Å². The summed E-state index contributed by atoms with van der Waals surface area (Å²) >= 11 is 2.11. The van der Waals surface area contributed by atoms with E-state index in [0.29, 0.717) is 17.9 Å². The molecule has 1 amide bonds. The van der Waals surface area contributed by atoms with Gasteiger partial charge in [-0.25, -0.2) is 0 Å². The minimum atomic E-state index is -0.326. The molecule has 0 saturated carbocycles. The van der Waals surface area contributed by atoms with Crippen molar-refractivity contribution in [3.63, 3.8) is 0 Å². The lowest BCUT2D eigenvalue weighted by Gasteiger charge is -2.07. The van der Waals surface area contributed by atoms with Crippen molar-refractivity contribution in [1.82, 2.24) is 5.32 Å². The van der Waals surface area contributed by atoms with Crippen LogP contribution in [0.25, 0.3) is 0 Å². The number of hydrogen-bond donors (Lipinski definition) is 2. The third kappa shape index (κ3) is 4.52. The van der Waals surface area contributed by atoms with Crippen molar-refractivity contribution in [3.05, 3.63) is 27.3 Å². The van der Waals surface area contributed by atoms with E-state index < -0.39 is 0 Å². The van der Waals surface area contributed by atoms with Crippen LogP contribution in [-0.4, -0.2) is 25.0 Å². The van der Waals surface area contributed by atoms with Crippen molar-refractivity contribution < 1.29 is 14.3 Å². The van der Waals surface area contributed by atoms with Crippen LogP contribution >= 0.6 is 22.6 Å². The van der Waals surface area contributed by atoms with E-state index in [0.717, 1.165) is 3.57 Å². The molecular formula is C12H15IN2O3. The van der Waals surface area contributed by atoms with Gasteiger partial charge in [0.05, 0.1) is 18.6 Å². The summed E-state index contributed by atoms with van der Waals surface area (Å²) in [5.41, 5.74) is 6.56. The topological polar surface area (TPSA) is 81.4 Å². The first-order valence-electron chi connectivity index (χ1n) is 5.53. The van der Waals surface area contributed by atoms with Crippen LogP contribution < -0.4 is 11.1 Å². The van der Waals surface area contributed by atoms with Crippen LogP contribution in [0.3, 0.4) is 0 Å². The number of benzene rings is 1. The smallest absolute Gasteiger partial charge is 0.307 e. The molecule has 1 rings (SSSR count). The average Bonchev–Trinajstić information content (AvgIpc) is 2.32. The molecule has 1 aromatic carbocycles. The van der Waals surface area contributed by atoms with Gasteiger partial charge in [0.1, 0.15) is 0 Å². The van der Waals surface area contributed by atoms with Gasteiger partial charge in [-0.05, 0) is 47.7 Å². The molecule has 1 aromatic rings. The fourth-order valence-electron chi connectivity index (χ4n) is 1.33. The van der Waals surface area contributed by atoms with Gasteiger partial charge in [0.2, 0.25) is 0 Å². The molecule has 18 heavy (non-hydrogen) atoms. The number of halogens is 1. The number of carbonyl (C=O) groups is 2. The Morgan fingerprint density at radius 3 is 2.83 bits per heavy atom. The van der Waals surface area contributed by atoms with Gasteiger partial charge >= 0.3 is 5.97 Å².